The highest BCUT2D eigenvalue weighted by Crippen LogP contribution is 2.58. The molecule has 2 aromatic heterocycles. The number of hydrogen-bond acceptors (Lipinski definition) is 6. The Morgan fingerprint density at radius 2 is 1.76 bits per heavy atom. The van der Waals surface area contributed by atoms with Crippen molar-refractivity contribution in [3.63, 3.8) is 0 Å². The molecule has 3 aromatic rings. The normalized spacial score (nSPS) is 27.3. The van der Waals surface area contributed by atoms with Gasteiger partial charge in [-0.25, -0.2) is 4.39 Å². The topological polar surface area (TPSA) is 72.4 Å². The molecule has 178 valence electrons. The van der Waals surface area contributed by atoms with E-state index in [1.54, 1.807) is 24.5 Å². The monoisotopic (exact) mass is 481 g/mol. The van der Waals surface area contributed by atoms with Crippen LogP contribution in [0.25, 0.3) is 11.5 Å². The summed E-state index contributed by atoms with van der Waals surface area (Å²) in [5.74, 6) is 3.32. The molecule has 4 aliphatic rings. The highest BCUT2D eigenvalue weighted by molar-refractivity contribution is 7.99. The van der Waals surface area contributed by atoms with Gasteiger partial charge in [-0.15, -0.1) is 10.2 Å². The summed E-state index contributed by atoms with van der Waals surface area (Å²) in [7, 11) is 0. The van der Waals surface area contributed by atoms with Crippen molar-refractivity contribution < 1.29 is 18.0 Å². The zero-order valence-electron chi connectivity index (χ0n) is 19.2. The Morgan fingerprint density at radius 1 is 1.09 bits per heavy atom. The lowest BCUT2D eigenvalue weighted by Gasteiger charge is -2.60. The van der Waals surface area contributed by atoms with Crippen LogP contribution in [0, 0.1) is 30.5 Å². The fourth-order valence-electron chi connectivity index (χ4n) is 6.87. The van der Waals surface area contributed by atoms with Crippen LogP contribution in [-0.2, 0) is 11.3 Å². The van der Waals surface area contributed by atoms with Crippen LogP contribution < -0.4 is 0 Å². The molecule has 8 heteroatoms. The van der Waals surface area contributed by atoms with Gasteiger partial charge in [0.1, 0.15) is 11.6 Å². The van der Waals surface area contributed by atoms with Crippen LogP contribution in [0.4, 0.5) is 4.39 Å². The van der Waals surface area contributed by atoms with Crippen molar-refractivity contribution in [2.24, 2.45) is 17.8 Å². The lowest BCUT2D eigenvalue weighted by Crippen LogP contribution is -2.61. The first-order chi connectivity index (χ1) is 16.5. The van der Waals surface area contributed by atoms with E-state index in [0.29, 0.717) is 23.4 Å². The Balaban J connectivity index is 1.22. The van der Waals surface area contributed by atoms with E-state index in [2.05, 4.69) is 15.1 Å². The summed E-state index contributed by atoms with van der Waals surface area (Å²) in [4.78, 5) is 15.8. The van der Waals surface area contributed by atoms with Gasteiger partial charge in [0.25, 0.3) is 11.1 Å². The molecule has 4 aliphatic carbocycles. The first-order valence-corrected chi connectivity index (χ1v) is 13.0. The van der Waals surface area contributed by atoms with E-state index in [9.17, 15) is 9.18 Å². The summed E-state index contributed by atoms with van der Waals surface area (Å²) in [6.45, 7) is 2.35. The van der Waals surface area contributed by atoms with Crippen LogP contribution in [-0.4, -0.2) is 32.3 Å². The number of furan rings is 1. The van der Waals surface area contributed by atoms with Crippen LogP contribution in [0.15, 0.2) is 50.7 Å². The Kier molecular flexibility index (Phi) is 5.51. The molecule has 7 rings (SSSR count). The van der Waals surface area contributed by atoms with Gasteiger partial charge in [0, 0.05) is 12.1 Å². The maximum atomic E-state index is 13.7. The third-order valence-corrected chi connectivity index (χ3v) is 8.75. The van der Waals surface area contributed by atoms with E-state index in [0.717, 1.165) is 48.1 Å². The highest BCUT2D eigenvalue weighted by atomic mass is 32.2. The van der Waals surface area contributed by atoms with Gasteiger partial charge in [0.15, 0.2) is 0 Å². The number of amides is 1. The van der Waals surface area contributed by atoms with Gasteiger partial charge < -0.3 is 13.7 Å². The standard InChI is InChI=1S/C26H28FN3O3S/c1-16-22(6-7-32-16)24-28-29-25(33-24)34-15-23(31)30(14-17-2-4-21(27)5-3-17)26-11-18-8-19(12-26)10-20(9-18)13-26/h2-7,18-20H,8-15H2,1H3. The molecule has 4 fully saturated rings. The number of nitrogens with zero attached hydrogens (tertiary/aromatic N) is 3. The summed E-state index contributed by atoms with van der Waals surface area (Å²) >= 11 is 1.28. The minimum atomic E-state index is -0.257. The first kappa shape index (κ1) is 21.9. The average molecular weight is 482 g/mol. The lowest BCUT2D eigenvalue weighted by molar-refractivity contribution is -0.149. The molecule has 0 N–H and O–H groups in total. The van der Waals surface area contributed by atoms with Crippen molar-refractivity contribution >= 4 is 17.7 Å². The van der Waals surface area contributed by atoms with E-state index in [1.165, 1.54) is 43.2 Å². The van der Waals surface area contributed by atoms with Gasteiger partial charge >= 0.3 is 0 Å². The number of hydrogen-bond donors (Lipinski definition) is 0. The zero-order chi connectivity index (χ0) is 23.3. The number of rotatable bonds is 7. The zero-order valence-corrected chi connectivity index (χ0v) is 20.0. The van der Waals surface area contributed by atoms with Crippen LogP contribution in [0.3, 0.4) is 0 Å². The number of aryl methyl sites for hydroxylation is 1. The van der Waals surface area contributed by atoms with E-state index >= 15 is 0 Å². The number of benzene rings is 1. The van der Waals surface area contributed by atoms with Crippen LogP contribution in [0.2, 0.25) is 0 Å². The Hall–Kier alpha value is -2.61. The number of carbonyl (C=O) groups is 1. The number of carbonyl (C=O) groups excluding carboxylic acids is 1. The molecule has 0 saturated heterocycles. The minimum absolute atomic E-state index is 0.0792. The van der Waals surface area contributed by atoms with Gasteiger partial charge in [0.05, 0.1) is 17.6 Å². The van der Waals surface area contributed by atoms with Crippen LogP contribution >= 0.6 is 11.8 Å². The number of aromatic nitrogens is 2. The molecule has 4 bridgehead atoms. The molecule has 34 heavy (non-hydrogen) atoms. The fraction of sp³-hybridized carbons (Fsp3) is 0.500. The highest BCUT2D eigenvalue weighted by Gasteiger charge is 2.54. The van der Waals surface area contributed by atoms with Gasteiger partial charge in [-0.2, -0.15) is 0 Å². The molecule has 0 radical (unpaired) electrons. The van der Waals surface area contributed by atoms with E-state index < -0.39 is 0 Å². The van der Waals surface area contributed by atoms with Crippen molar-refractivity contribution in [3.8, 4) is 11.5 Å². The van der Waals surface area contributed by atoms with Crippen molar-refractivity contribution in [2.45, 2.75) is 62.8 Å². The van der Waals surface area contributed by atoms with Gasteiger partial charge in [-0.3, -0.25) is 4.79 Å². The molecule has 1 amide bonds. The summed E-state index contributed by atoms with van der Waals surface area (Å²) in [5.41, 5.74) is 1.64. The van der Waals surface area contributed by atoms with Gasteiger partial charge in [-0.1, -0.05) is 23.9 Å². The van der Waals surface area contributed by atoms with Gasteiger partial charge in [-0.05, 0) is 87.0 Å². The molecular formula is C26H28FN3O3S. The Bertz CT molecular complexity index is 1150. The maximum absolute atomic E-state index is 13.7. The van der Waals surface area contributed by atoms with Crippen molar-refractivity contribution in [1.29, 1.82) is 0 Å². The second-order valence-electron chi connectivity index (χ2n) is 10.3. The van der Waals surface area contributed by atoms with Crippen molar-refractivity contribution in [3.05, 3.63) is 53.7 Å². The summed E-state index contributed by atoms with van der Waals surface area (Å²) in [5, 5.41) is 8.61. The predicted octanol–water partition coefficient (Wildman–Crippen LogP) is 5.87. The maximum Gasteiger partial charge on any atom is 0.277 e. The molecule has 0 unspecified atom stereocenters. The van der Waals surface area contributed by atoms with E-state index in [4.69, 9.17) is 8.83 Å². The molecule has 6 nitrogen and oxygen atoms in total. The molecular weight excluding hydrogens is 453 g/mol. The average Bonchev–Trinajstić information content (AvgIpc) is 3.44. The largest absolute Gasteiger partial charge is 0.469 e. The summed E-state index contributed by atoms with van der Waals surface area (Å²) < 4.78 is 24.6. The Morgan fingerprint density at radius 3 is 2.38 bits per heavy atom. The first-order valence-electron chi connectivity index (χ1n) is 12.0. The van der Waals surface area contributed by atoms with Crippen LogP contribution in [0.5, 0.6) is 0 Å². The van der Waals surface area contributed by atoms with Crippen LogP contribution in [0.1, 0.15) is 49.8 Å². The number of halogens is 1. The quantitative estimate of drug-likeness (QED) is 0.393. The minimum Gasteiger partial charge on any atom is -0.469 e. The molecule has 0 spiro atoms. The second-order valence-corrected chi connectivity index (χ2v) is 11.2. The van der Waals surface area contributed by atoms with Crippen molar-refractivity contribution in [1.82, 2.24) is 15.1 Å². The molecule has 4 saturated carbocycles. The van der Waals surface area contributed by atoms with E-state index in [-0.39, 0.29) is 23.0 Å². The third kappa shape index (κ3) is 4.06. The summed E-state index contributed by atoms with van der Waals surface area (Å²) in [6, 6.07) is 8.33. The Labute approximate surface area is 202 Å². The fourth-order valence-corrected chi connectivity index (χ4v) is 7.51. The smallest absolute Gasteiger partial charge is 0.277 e. The number of thioether (sulfide) groups is 1. The lowest BCUT2D eigenvalue weighted by atomic mass is 9.52. The third-order valence-electron chi connectivity index (χ3n) is 7.95. The SMILES string of the molecule is Cc1occc1-c1nnc(SCC(=O)N(Cc2ccc(F)cc2)C23CC4CC(CC(C4)C2)C3)o1. The van der Waals surface area contributed by atoms with E-state index in [1.807, 2.05) is 6.92 Å². The van der Waals surface area contributed by atoms with Crippen molar-refractivity contribution in [2.75, 3.05) is 5.75 Å². The van der Waals surface area contributed by atoms with Gasteiger partial charge in [0.2, 0.25) is 5.91 Å². The molecule has 1 aromatic carbocycles. The second kappa shape index (κ2) is 8.56. The molecule has 0 aliphatic heterocycles. The summed E-state index contributed by atoms with van der Waals surface area (Å²) in [6.07, 6.45) is 8.77. The molecule has 2 heterocycles. The molecule has 0 atom stereocenters. The predicted molar refractivity (Wildman–Crippen MR) is 125 cm³/mol.